The van der Waals surface area contributed by atoms with Crippen molar-refractivity contribution in [2.45, 2.75) is 76.1 Å². The third kappa shape index (κ3) is 8.06. The summed E-state index contributed by atoms with van der Waals surface area (Å²) in [6.45, 7) is 10.3. The van der Waals surface area contributed by atoms with Crippen LogP contribution in [0.3, 0.4) is 0 Å². The van der Waals surface area contributed by atoms with E-state index in [1.165, 1.54) is 0 Å². The highest BCUT2D eigenvalue weighted by Gasteiger charge is 2.68. The van der Waals surface area contributed by atoms with E-state index in [9.17, 15) is 23.1 Å². The van der Waals surface area contributed by atoms with Crippen molar-refractivity contribution in [1.29, 1.82) is 0 Å². The SMILES string of the molecule is C=CC1CC1(C(=O)NS(=O)(=O)Cc1ccccc1)C1CC(Oc2cc(-c3ccccc3)cc3cc(OC)ccc23)CN1C(C(=O)NC1c2ccccc2CC1O)C(C)(C)C. The number of likely N-dealkylation sites (tertiary alicyclic amines) is 1. The standard InChI is InChI=1S/C49H53N3O7S/c1-6-36-28-49(36,47(55)51-60(56,57)30-31-15-9-7-10-16-31)43-27-38(59-42-26-34(32-17-11-8-12-18-32)23-35-24-37(58-5)21-22-39(35)42)29-52(43)45(48(2,3)4)46(54)50-44-40-20-14-13-19-33(40)25-41(44)53/h6-24,26,36,38,41,43-45,53H,1,25,27-30H2,2-5H3,(H,50,54)(H,51,55). The molecular formula is C49H53N3O7S. The Morgan fingerprint density at radius 1 is 0.950 bits per heavy atom. The minimum atomic E-state index is -4.10. The van der Waals surface area contributed by atoms with Crippen molar-refractivity contribution in [3.8, 4) is 22.6 Å². The number of hydrogen-bond donors (Lipinski definition) is 3. The summed E-state index contributed by atoms with van der Waals surface area (Å²) in [7, 11) is -2.46. The minimum Gasteiger partial charge on any atom is -0.497 e. The Morgan fingerprint density at radius 3 is 2.33 bits per heavy atom. The number of ether oxygens (including phenoxy) is 2. The normalized spacial score (nSPS) is 24.3. The Morgan fingerprint density at radius 2 is 1.65 bits per heavy atom. The number of amides is 2. The number of hydrogen-bond acceptors (Lipinski definition) is 8. The number of allylic oxidation sites excluding steroid dienone is 1. The van der Waals surface area contributed by atoms with Crippen molar-refractivity contribution >= 4 is 32.6 Å². The Kier molecular flexibility index (Phi) is 11.1. The molecule has 0 bridgehead atoms. The van der Waals surface area contributed by atoms with E-state index < -0.39 is 57.1 Å². The molecule has 5 aromatic rings. The number of carbonyl (C=O) groups excluding carboxylic acids is 2. The van der Waals surface area contributed by atoms with E-state index in [0.29, 0.717) is 36.3 Å². The molecule has 2 aliphatic carbocycles. The minimum absolute atomic E-state index is 0.271. The highest BCUT2D eigenvalue weighted by atomic mass is 32.2. The third-order valence-corrected chi connectivity index (χ3v) is 13.7. The van der Waals surface area contributed by atoms with Gasteiger partial charge in [-0.2, -0.15) is 0 Å². The van der Waals surface area contributed by atoms with Crippen molar-refractivity contribution in [1.82, 2.24) is 14.9 Å². The first-order valence-corrected chi connectivity index (χ1v) is 22.2. The van der Waals surface area contributed by atoms with Crippen LogP contribution >= 0.6 is 0 Å². The molecule has 7 atom stereocenters. The molecule has 8 rings (SSSR count). The maximum atomic E-state index is 14.9. The van der Waals surface area contributed by atoms with Crippen LogP contribution in [0, 0.1) is 16.7 Å². The van der Waals surface area contributed by atoms with Gasteiger partial charge in [-0.1, -0.05) is 112 Å². The van der Waals surface area contributed by atoms with Crippen molar-refractivity contribution in [2.75, 3.05) is 13.7 Å². The van der Waals surface area contributed by atoms with Gasteiger partial charge in [-0.15, -0.1) is 6.58 Å². The van der Waals surface area contributed by atoms with E-state index in [2.05, 4.69) is 27.6 Å². The molecule has 7 unspecified atom stereocenters. The van der Waals surface area contributed by atoms with E-state index in [1.54, 1.807) is 43.5 Å². The van der Waals surface area contributed by atoms with Crippen molar-refractivity contribution in [2.24, 2.45) is 16.7 Å². The molecule has 3 N–H and O–H groups in total. The van der Waals surface area contributed by atoms with E-state index in [1.807, 2.05) is 99.6 Å². The first kappa shape index (κ1) is 41.3. The molecule has 1 heterocycles. The van der Waals surface area contributed by atoms with Gasteiger partial charge in [-0.3, -0.25) is 19.2 Å². The van der Waals surface area contributed by atoms with Gasteiger partial charge < -0.3 is 19.9 Å². The summed E-state index contributed by atoms with van der Waals surface area (Å²) in [5, 5.41) is 16.2. The lowest BCUT2D eigenvalue weighted by Gasteiger charge is -2.42. The molecule has 1 saturated heterocycles. The summed E-state index contributed by atoms with van der Waals surface area (Å²) in [4.78, 5) is 31.7. The number of benzene rings is 5. The molecule has 60 heavy (non-hydrogen) atoms. The zero-order valence-electron chi connectivity index (χ0n) is 34.5. The van der Waals surface area contributed by atoms with Crippen LogP contribution in [0.25, 0.3) is 21.9 Å². The number of sulfonamides is 1. The molecule has 1 saturated carbocycles. The van der Waals surface area contributed by atoms with Crippen molar-refractivity contribution in [3.63, 3.8) is 0 Å². The second kappa shape index (κ2) is 16.2. The lowest BCUT2D eigenvalue weighted by molar-refractivity contribution is -0.137. The molecular weight excluding hydrogens is 775 g/mol. The molecule has 0 spiro atoms. The number of aliphatic hydroxyl groups is 1. The Bertz CT molecular complexity index is 2520. The monoisotopic (exact) mass is 827 g/mol. The van der Waals surface area contributed by atoms with Crippen LogP contribution in [0.5, 0.6) is 11.5 Å². The molecule has 0 aromatic heterocycles. The summed E-state index contributed by atoms with van der Waals surface area (Å²) in [6.07, 6.45) is 1.53. The van der Waals surface area contributed by atoms with Gasteiger partial charge in [-0.25, -0.2) is 8.42 Å². The predicted octanol–water partition coefficient (Wildman–Crippen LogP) is 7.36. The average molecular weight is 828 g/mol. The maximum absolute atomic E-state index is 14.9. The topological polar surface area (TPSA) is 134 Å². The summed E-state index contributed by atoms with van der Waals surface area (Å²) in [5.41, 5.74) is 2.49. The Balaban J connectivity index is 1.18. The third-order valence-electron chi connectivity index (χ3n) is 12.5. The van der Waals surface area contributed by atoms with E-state index in [-0.39, 0.29) is 24.1 Å². The zero-order chi connectivity index (χ0) is 42.4. The molecule has 2 amide bonds. The van der Waals surface area contributed by atoms with Crippen LogP contribution in [0.4, 0.5) is 0 Å². The van der Waals surface area contributed by atoms with E-state index >= 15 is 0 Å². The molecule has 5 aromatic carbocycles. The molecule has 3 aliphatic rings. The second-order valence-electron chi connectivity index (χ2n) is 17.6. The number of fused-ring (bicyclic) bond motifs is 2. The second-order valence-corrected chi connectivity index (χ2v) is 19.3. The number of rotatable bonds is 13. The lowest BCUT2D eigenvalue weighted by atomic mass is 9.82. The number of aliphatic hydroxyl groups excluding tert-OH is 1. The molecule has 312 valence electrons. The van der Waals surface area contributed by atoms with Gasteiger partial charge in [-0.05, 0) is 81.3 Å². The maximum Gasteiger partial charge on any atom is 0.241 e. The summed E-state index contributed by atoms with van der Waals surface area (Å²) >= 11 is 0. The van der Waals surface area contributed by atoms with Gasteiger partial charge in [0.15, 0.2) is 0 Å². The highest BCUT2D eigenvalue weighted by Crippen LogP contribution is 2.60. The predicted molar refractivity (Wildman–Crippen MR) is 234 cm³/mol. The quantitative estimate of drug-likeness (QED) is 0.105. The average Bonchev–Trinajstić information content (AvgIpc) is 3.71. The summed E-state index contributed by atoms with van der Waals surface area (Å²) in [5.74, 6) is -0.266. The van der Waals surface area contributed by atoms with Gasteiger partial charge in [0.05, 0.1) is 36.5 Å². The highest BCUT2D eigenvalue weighted by molar-refractivity contribution is 7.89. The van der Waals surface area contributed by atoms with Crippen LogP contribution in [-0.2, 0) is 31.8 Å². The van der Waals surface area contributed by atoms with E-state index in [0.717, 1.165) is 33.0 Å². The number of carbonyl (C=O) groups is 2. The molecule has 2 fully saturated rings. The molecule has 1 aliphatic heterocycles. The van der Waals surface area contributed by atoms with Crippen LogP contribution in [0.15, 0.2) is 128 Å². The van der Waals surface area contributed by atoms with Crippen LogP contribution in [0.1, 0.15) is 56.3 Å². The molecule has 10 nitrogen and oxygen atoms in total. The van der Waals surface area contributed by atoms with Crippen molar-refractivity contribution < 1.29 is 32.6 Å². The molecule has 0 radical (unpaired) electrons. The van der Waals surface area contributed by atoms with Crippen molar-refractivity contribution in [3.05, 3.63) is 145 Å². The van der Waals surface area contributed by atoms with Gasteiger partial charge in [0.1, 0.15) is 17.6 Å². The smallest absolute Gasteiger partial charge is 0.241 e. The number of methoxy groups -OCH3 is 1. The fraction of sp³-hybridized carbons (Fsp3) is 0.347. The Hall–Kier alpha value is -5.49. The van der Waals surface area contributed by atoms with Gasteiger partial charge >= 0.3 is 0 Å². The largest absolute Gasteiger partial charge is 0.497 e. The summed E-state index contributed by atoms with van der Waals surface area (Å²) < 4.78 is 42.4. The van der Waals surface area contributed by atoms with Gasteiger partial charge in [0.2, 0.25) is 21.8 Å². The fourth-order valence-electron chi connectivity index (χ4n) is 9.69. The summed E-state index contributed by atoms with van der Waals surface area (Å²) in [6, 6.07) is 34.4. The molecule has 11 heteroatoms. The van der Waals surface area contributed by atoms with Crippen LogP contribution in [0.2, 0.25) is 0 Å². The number of nitrogens with zero attached hydrogens (tertiary/aromatic N) is 1. The Labute approximate surface area is 352 Å². The zero-order valence-corrected chi connectivity index (χ0v) is 35.3. The van der Waals surface area contributed by atoms with Crippen LogP contribution in [-0.4, -0.2) is 68.2 Å². The lowest BCUT2D eigenvalue weighted by Crippen LogP contribution is -2.59. The van der Waals surface area contributed by atoms with Crippen LogP contribution < -0.4 is 19.5 Å². The first-order valence-electron chi connectivity index (χ1n) is 20.6. The van der Waals surface area contributed by atoms with Gasteiger partial charge in [0.25, 0.3) is 0 Å². The number of nitrogens with one attached hydrogen (secondary N) is 2. The first-order chi connectivity index (χ1) is 28.7. The van der Waals surface area contributed by atoms with Gasteiger partial charge in [0, 0.05) is 30.8 Å². The fourth-order valence-corrected chi connectivity index (χ4v) is 10.9. The van der Waals surface area contributed by atoms with E-state index in [4.69, 9.17) is 9.47 Å².